The minimum Gasteiger partial charge on any atom is -0.505 e. The second-order valence-electron chi connectivity index (χ2n) is 7.14. The molecule has 10 nitrogen and oxygen atoms in total. The van der Waals surface area contributed by atoms with E-state index >= 15 is 0 Å². The number of nitrogens with one attached hydrogen (secondary N) is 1. The van der Waals surface area contributed by atoms with Crippen molar-refractivity contribution in [1.82, 2.24) is 14.9 Å². The van der Waals surface area contributed by atoms with Crippen molar-refractivity contribution in [3.63, 3.8) is 0 Å². The summed E-state index contributed by atoms with van der Waals surface area (Å²) in [6.45, 7) is -0.308. The van der Waals surface area contributed by atoms with Gasteiger partial charge in [-0.15, -0.1) is 0 Å². The summed E-state index contributed by atoms with van der Waals surface area (Å²) in [5.41, 5.74) is -2.78. The highest BCUT2D eigenvalue weighted by Crippen LogP contribution is 2.29. The van der Waals surface area contributed by atoms with Crippen LogP contribution < -0.4 is 10.9 Å². The monoisotopic (exact) mass is 479 g/mol. The number of fused-ring (bicyclic) bond motifs is 1. The van der Waals surface area contributed by atoms with Crippen LogP contribution in [0, 0.1) is 0 Å². The molecular weight excluding hydrogens is 463 g/mol. The lowest BCUT2D eigenvalue weighted by atomic mass is 10.1. The fraction of sp³-hybridized carbons (Fsp3) is 0.190. The molecule has 3 rings (SSSR count). The molecule has 0 radical (unpaired) electrons. The number of hydrogen-bond acceptors (Lipinski definition) is 6. The van der Waals surface area contributed by atoms with E-state index in [-0.39, 0.29) is 23.1 Å². The van der Waals surface area contributed by atoms with Gasteiger partial charge in [0.2, 0.25) is 0 Å². The van der Waals surface area contributed by atoms with Gasteiger partial charge in [-0.1, -0.05) is 12.1 Å². The van der Waals surface area contributed by atoms with Gasteiger partial charge in [-0.25, -0.2) is 4.79 Å². The molecule has 0 aliphatic carbocycles. The van der Waals surface area contributed by atoms with Crippen LogP contribution in [-0.2, 0) is 22.3 Å². The molecule has 0 fully saturated rings. The van der Waals surface area contributed by atoms with Crippen molar-refractivity contribution in [2.45, 2.75) is 25.2 Å². The van der Waals surface area contributed by atoms with E-state index in [9.17, 15) is 37.5 Å². The van der Waals surface area contributed by atoms with E-state index in [1.807, 2.05) is 5.32 Å². The summed E-state index contributed by atoms with van der Waals surface area (Å²) < 4.78 is 39.5. The first-order valence-corrected chi connectivity index (χ1v) is 9.52. The number of amides is 1. The number of pyridine rings is 2. The van der Waals surface area contributed by atoms with Crippen molar-refractivity contribution in [2.24, 2.45) is 0 Å². The van der Waals surface area contributed by atoms with Crippen molar-refractivity contribution in [3.05, 3.63) is 69.6 Å². The Balaban J connectivity index is 2.09. The highest BCUT2D eigenvalue weighted by molar-refractivity contribution is 6.03. The molecule has 1 amide bonds. The summed E-state index contributed by atoms with van der Waals surface area (Å²) in [5.74, 6) is -5.43. The molecule has 2 aromatic heterocycles. The van der Waals surface area contributed by atoms with Crippen LogP contribution in [0.1, 0.15) is 27.9 Å². The number of carbonyl (C=O) groups excluding carboxylic acids is 1. The lowest BCUT2D eigenvalue weighted by Gasteiger charge is -2.16. The lowest BCUT2D eigenvalue weighted by Crippen LogP contribution is -2.44. The highest BCUT2D eigenvalue weighted by Gasteiger charge is 2.31. The fourth-order valence-electron chi connectivity index (χ4n) is 3.21. The number of rotatable bonds is 7. The zero-order valence-electron chi connectivity index (χ0n) is 17.0. The number of aromatic hydroxyl groups is 1. The minimum atomic E-state index is -4.56. The second-order valence-corrected chi connectivity index (χ2v) is 7.14. The van der Waals surface area contributed by atoms with E-state index in [4.69, 9.17) is 10.2 Å². The first-order chi connectivity index (χ1) is 15.9. The van der Waals surface area contributed by atoms with Gasteiger partial charge in [-0.05, 0) is 29.8 Å². The molecule has 1 aromatic carbocycles. The number of carboxylic acids is 2. The van der Waals surface area contributed by atoms with E-state index < -0.39 is 58.9 Å². The zero-order valence-corrected chi connectivity index (χ0v) is 17.0. The van der Waals surface area contributed by atoms with Crippen LogP contribution in [0.5, 0.6) is 5.75 Å². The van der Waals surface area contributed by atoms with E-state index in [1.54, 1.807) is 0 Å². The standard InChI is InChI=1S/C21H16F3N3O7/c22-21(23,24)11-5-3-10(4-6-11)9-27-13-2-1-7-25-16(13)17(30)15(19(27)32)18(31)26-12(20(33)34)8-14(28)29/h1-7,12,30H,8-9H2,(H,26,31)(H,28,29)(H,33,34). The maximum Gasteiger partial charge on any atom is 0.416 e. The van der Waals surface area contributed by atoms with Crippen LogP contribution in [0.2, 0.25) is 0 Å². The average Bonchev–Trinajstić information content (AvgIpc) is 2.75. The zero-order chi connectivity index (χ0) is 25.2. The number of carboxylic acid groups (broad SMARTS) is 2. The van der Waals surface area contributed by atoms with E-state index in [0.29, 0.717) is 0 Å². The number of benzene rings is 1. The molecule has 1 unspecified atom stereocenters. The van der Waals surface area contributed by atoms with Crippen molar-refractivity contribution in [1.29, 1.82) is 0 Å². The number of nitrogens with zero attached hydrogens (tertiary/aromatic N) is 2. The predicted molar refractivity (Wildman–Crippen MR) is 109 cm³/mol. The van der Waals surface area contributed by atoms with Crippen LogP contribution in [0.25, 0.3) is 11.0 Å². The summed E-state index contributed by atoms with van der Waals surface area (Å²) in [6.07, 6.45) is -4.30. The number of alkyl halides is 3. The first-order valence-electron chi connectivity index (χ1n) is 9.52. The van der Waals surface area contributed by atoms with Gasteiger partial charge in [0.1, 0.15) is 17.1 Å². The molecule has 1 atom stereocenters. The molecular formula is C21H16F3N3O7. The van der Waals surface area contributed by atoms with Gasteiger partial charge in [-0.2, -0.15) is 13.2 Å². The van der Waals surface area contributed by atoms with Gasteiger partial charge >= 0.3 is 18.1 Å². The molecule has 0 spiro atoms. The summed E-state index contributed by atoms with van der Waals surface area (Å²) in [7, 11) is 0. The number of aliphatic carboxylic acids is 2. The number of carbonyl (C=O) groups is 3. The molecule has 0 saturated heterocycles. The minimum absolute atomic E-state index is 0.0572. The topological polar surface area (TPSA) is 159 Å². The summed E-state index contributed by atoms with van der Waals surface area (Å²) in [6, 6.07) is 4.83. The summed E-state index contributed by atoms with van der Waals surface area (Å²) in [4.78, 5) is 51.9. The third-order valence-electron chi connectivity index (χ3n) is 4.83. The maximum atomic E-state index is 13.1. The van der Waals surface area contributed by atoms with Crippen molar-refractivity contribution in [3.8, 4) is 5.75 Å². The van der Waals surface area contributed by atoms with Crippen LogP contribution in [-0.4, -0.2) is 48.8 Å². The number of halogens is 3. The normalized spacial score (nSPS) is 12.3. The molecule has 3 aromatic rings. The molecule has 4 N–H and O–H groups in total. The highest BCUT2D eigenvalue weighted by atomic mass is 19.4. The third kappa shape index (κ3) is 4.98. The molecule has 13 heteroatoms. The van der Waals surface area contributed by atoms with E-state index in [2.05, 4.69) is 4.98 Å². The Bertz CT molecular complexity index is 1330. The van der Waals surface area contributed by atoms with Crippen LogP contribution in [0.15, 0.2) is 47.4 Å². The van der Waals surface area contributed by atoms with Gasteiger partial charge in [0.25, 0.3) is 11.5 Å². The Kier molecular flexibility index (Phi) is 6.56. The Morgan fingerprint density at radius 1 is 1.09 bits per heavy atom. The number of hydrogen-bond donors (Lipinski definition) is 4. The Morgan fingerprint density at radius 2 is 1.74 bits per heavy atom. The first kappa shape index (κ1) is 24.2. The van der Waals surface area contributed by atoms with Crippen LogP contribution >= 0.6 is 0 Å². The van der Waals surface area contributed by atoms with Gasteiger partial charge in [0.05, 0.1) is 24.0 Å². The van der Waals surface area contributed by atoms with Crippen LogP contribution in [0.3, 0.4) is 0 Å². The largest absolute Gasteiger partial charge is 0.505 e. The molecule has 34 heavy (non-hydrogen) atoms. The molecule has 0 bridgehead atoms. The van der Waals surface area contributed by atoms with Crippen LogP contribution in [0.4, 0.5) is 13.2 Å². The van der Waals surface area contributed by atoms with Crippen molar-refractivity contribution in [2.75, 3.05) is 0 Å². The lowest BCUT2D eigenvalue weighted by molar-refractivity contribution is -0.145. The Morgan fingerprint density at radius 3 is 2.29 bits per heavy atom. The van der Waals surface area contributed by atoms with Crippen molar-refractivity contribution < 1.29 is 42.9 Å². The predicted octanol–water partition coefficient (Wildman–Crippen LogP) is 1.83. The third-order valence-corrected chi connectivity index (χ3v) is 4.83. The molecule has 0 aliphatic rings. The van der Waals surface area contributed by atoms with Gasteiger partial charge in [0, 0.05) is 6.20 Å². The smallest absolute Gasteiger partial charge is 0.416 e. The molecule has 178 valence electrons. The second kappa shape index (κ2) is 9.21. The molecule has 2 heterocycles. The fourth-order valence-corrected chi connectivity index (χ4v) is 3.21. The quantitative estimate of drug-likeness (QED) is 0.399. The Hall–Kier alpha value is -4.42. The Labute approximate surface area is 187 Å². The van der Waals surface area contributed by atoms with E-state index in [0.717, 1.165) is 28.8 Å². The summed E-state index contributed by atoms with van der Waals surface area (Å²) in [5, 5.41) is 30.4. The van der Waals surface area contributed by atoms with Gasteiger partial charge < -0.3 is 25.2 Å². The van der Waals surface area contributed by atoms with Crippen molar-refractivity contribution >= 4 is 28.9 Å². The van der Waals surface area contributed by atoms with Gasteiger partial charge in [0.15, 0.2) is 5.75 Å². The van der Waals surface area contributed by atoms with E-state index in [1.165, 1.54) is 18.3 Å². The summed E-state index contributed by atoms with van der Waals surface area (Å²) >= 11 is 0. The number of aromatic nitrogens is 2. The molecule has 0 saturated carbocycles. The SMILES string of the molecule is O=C(O)CC(NC(=O)c1c(O)c2ncccc2n(Cc2ccc(C(F)(F)F)cc2)c1=O)C(=O)O. The molecule has 0 aliphatic heterocycles. The average molecular weight is 479 g/mol. The van der Waals surface area contributed by atoms with Gasteiger partial charge in [-0.3, -0.25) is 19.4 Å². The maximum absolute atomic E-state index is 13.1.